The van der Waals surface area contributed by atoms with E-state index in [1.807, 2.05) is 18.2 Å². The lowest BCUT2D eigenvalue weighted by atomic mass is 10.1. The molecule has 0 saturated heterocycles. The third kappa shape index (κ3) is 3.97. The second-order valence-corrected chi connectivity index (χ2v) is 5.70. The van der Waals surface area contributed by atoms with Crippen molar-refractivity contribution in [3.05, 3.63) is 29.3 Å². The zero-order chi connectivity index (χ0) is 15.4. The highest BCUT2D eigenvalue weighted by atomic mass is 16.5. The Balaban J connectivity index is 1.88. The number of rotatable bonds is 6. The lowest BCUT2D eigenvalue weighted by Gasteiger charge is -2.18. The summed E-state index contributed by atoms with van der Waals surface area (Å²) in [5.74, 6) is -0.971. The average molecular weight is 291 g/mol. The van der Waals surface area contributed by atoms with Crippen molar-refractivity contribution in [2.24, 2.45) is 5.92 Å². The third-order valence-corrected chi connectivity index (χ3v) is 3.69. The molecule has 5 heteroatoms. The number of carboxylic acids is 1. The largest absolute Gasteiger partial charge is 0.484 e. The molecule has 0 radical (unpaired) electrons. The molecule has 0 fully saturated rings. The van der Waals surface area contributed by atoms with Crippen LogP contribution in [-0.2, 0) is 22.4 Å². The maximum absolute atomic E-state index is 11.8. The standard InChI is InChI=1S/C16H21NO4/c1-10(2)15(16(19)20)17-14(18)9-21-13-7-6-11-4-3-5-12(11)8-13/h6-8,10,15H,3-5,9H2,1-2H3,(H,17,18)(H,19,20)/t15-/m1/s1. The summed E-state index contributed by atoms with van der Waals surface area (Å²) >= 11 is 0. The van der Waals surface area contributed by atoms with Gasteiger partial charge in [-0.15, -0.1) is 0 Å². The molecule has 1 amide bonds. The van der Waals surface area contributed by atoms with Crippen LogP contribution in [0.1, 0.15) is 31.4 Å². The first-order valence-corrected chi connectivity index (χ1v) is 7.24. The van der Waals surface area contributed by atoms with Gasteiger partial charge in [0.2, 0.25) is 0 Å². The maximum atomic E-state index is 11.8. The molecule has 0 aromatic heterocycles. The van der Waals surface area contributed by atoms with E-state index in [9.17, 15) is 9.59 Å². The number of carbonyl (C=O) groups is 2. The Bertz CT molecular complexity index is 539. The molecule has 5 nitrogen and oxygen atoms in total. The molecule has 1 aromatic carbocycles. The van der Waals surface area contributed by atoms with Gasteiger partial charge in [-0.3, -0.25) is 4.79 Å². The minimum atomic E-state index is -1.03. The molecule has 2 N–H and O–H groups in total. The van der Waals surface area contributed by atoms with Crippen LogP contribution in [0.25, 0.3) is 0 Å². The molecular formula is C16H21NO4. The molecule has 0 heterocycles. The van der Waals surface area contributed by atoms with E-state index in [1.165, 1.54) is 11.1 Å². The highest BCUT2D eigenvalue weighted by Crippen LogP contribution is 2.25. The van der Waals surface area contributed by atoms with Crippen LogP contribution in [0.15, 0.2) is 18.2 Å². The molecule has 0 saturated carbocycles. The number of hydrogen-bond acceptors (Lipinski definition) is 3. The van der Waals surface area contributed by atoms with E-state index in [4.69, 9.17) is 9.84 Å². The van der Waals surface area contributed by atoms with Crippen molar-refractivity contribution in [1.29, 1.82) is 0 Å². The van der Waals surface area contributed by atoms with Gasteiger partial charge in [0.05, 0.1) is 0 Å². The van der Waals surface area contributed by atoms with Gasteiger partial charge in [-0.1, -0.05) is 19.9 Å². The smallest absolute Gasteiger partial charge is 0.326 e. The Morgan fingerprint density at radius 1 is 1.29 bits per heavy atom. The lowest BCUT2D eigenvalue weighted by Crippen LogP contribution is -2.46. The fourth-order valence-electron chi connectivity index (χ4n) is 2.52. The van der Waals surface area contributed by atoms with Gasteiger partial charge < -0.3 is 15.2 Å². The third-order valence-electron chi connectivity index (χ3n) is 3.69. The summed E-state index contributed by atoms with van der Waals surface area (Å²) in [6.07, 6.45) is 3.31. The highest BCUT2D eigenvalue weighted by molar-refractivity contribution is 5.84. The highest BCUT2D eigenvalue weighted by Gasteiger charge is 2.23. The van der Waals surface area contributed by atoms with Gasteiger partial charge >= 0.3 is 5.97 Å². The molecular weight excluding hydrogens is 270 g/mol. The first-order valence-electron chi connectivity index (χ1n) is 7.24. The van der Waals surface area contributed by atoms with Crippen molar-refractivity contribution >= 4 is 11.9 Å². The number of carboxylic acid groups (broad SMARTS) is 1. The quantitative estimate of drug-likeness (QED) is 0.837. The number of benzene rings is 1. The number of aliphatic carboxylic acids is 1. The van der Waals surface area contributed by atoms with Gasteiger partial charge in [0.15, 0.2) is 6.61 Å². The van der Waals surface area contributed by atoms with E-state index in [0.29, 0.717) is 5.75 Å². The van der Waals surface area contributed by atoms with Crippen LogP contribution in [0.3, 0.4) is 0 Å². The normalized spacial score (nSPS) is 14.6. The predicted molar refractivity (Wildman–Crippen MR) is 78.4 cm³/mol. The average Bonchev–Trinajstić information content (AvgIpc) is 2.89. The number of nitrogens with one attached hydrogen (secondary N) is 1. The molecule has 1 aliphatic carbocycles. The van der Waals surface area contributed by atoms with E-state index in [1.54, 1.807) is 13.8 Å². The van der Waals surface area contributed by atoms with Gasteiger partial charge in [0.25, 0.3) is 5.91 Å². The Labute approximate surface area is 124 Å². The zero-order valence-electron chi connectivity index (χ0n) is 12.4. The summed E-state index contributed by atoms with van der Waals surface area (Å²) < 4.78 is 5.45. The summed E-state index contributed by atoms with van der Waals surface area (Å²) in [4.78, 5) is 22.8. The van der Waals surface area contributed by atoms with Crippen LogP contribution in [-0.4, -0.2) is 29.6 Å². The predicted octanol–water partition coefficient (Wildman–Crippen LogP) is 1.78. The van der Waals surface area contributed by atoms with Crippen LogP contribution < -0.4 is 10.1 Å². The molecule has 1 atom stereocenters. The SMILES string of the molecule is CC(C)[C@@H](NC(=O)COc1ccc2c(c1)CCC2)C(=O)O. The molecule has 2 rings (SSSR count). The van der Waals surface area contributed by atoms with Crippen molar-refractivity contribution in [1.82, 2.24) is 5.32 Å². The number of carbonyl (C=O) groups excluding carboxylic acids is 1. The van der Waals surface area contributed by atoms with E-state index in [-0.39, 0.29) is 12.5 Å². The molecule has 0 bridgehead atoms. The molecule has 0 unspecified atom stereocenters. The van der Waals surface area contributed by atoms with Crippen LogP contribution in [0.4, 0.5) is 0 Å². The Kier molecular flexibility index (Phi) is 4.83. The second-order valence-electron chi connectivity index (χ2n) is 5.70. The van der Waals surface area contributed by atoms with Gasteiger partial charge in [0, 0.05) is 0 Å². The Morgan fingerprint density at radius 3 is 2.67 bits per heavy atom. The van der Waals surface area contributed by atoms with Crippen LogP contribution in [0.5, 0.6) is 5.75 Å². The van der Waals surface area contributed by atoms with Crippen LogP contribution >= 0.6 is 0 Å². The van der Waals surface area contributed by atoms with Gasteiger partial charge in [-0.2, -0.15) is 0 Å². The lowest BCUT2D eigenvalue weighted by molar-refractivity contribution is -0.143. The molecule has 21 heavy (non-hydrogen) atoms. The van der Waals surface area contributed by atoms with Crippen molar-refractivity contribution in [3.63, 3.8) is 0 Å². The summed E-state index contributed by atoms with van der Waals surface area (Å²) in [5.41, 5.74) is 2.62. The summed E-state index contributed by atoms with van der Waals surface area (Å²) in [6.45, 7) is 3.33. The molecule has 1 aliphatic rings. The number of hydrogen-bond donors (Lipinski definition) is 2. The first-order chi connectivity index (χ1) is 9.97. The van der Waals surface area contributed by atoms with Crippen molar-refractivity contribution in [2.45, 2.75) is 39.2 Å². The van der Waals surface area contributed by atoms with Gasteiger partial charge in [0.1, 0.15) is 11.8 Å². The van der Waals surface area contributed by atoms with E-state index >= 15 is 0 Å². The number of aryl methyl sites for hydroxylation is 2. The van der Waals surface area contributed by atoms with Crippen molar-refractivity contribution in [3.8, 4) is 5.75 Å². The molecule has 0 aliphatic heterocycles. The van der Waals surface area contributed by atoms with E-state index in [2.05, 4.69) is 5.32 Å². The second kappa shape index (κ2) is 6.61. The number of fused-ring (bicyclic) bond motifs is 1. The molecule has 1 aromatic rings. The maximum Gasteiger partial charge on any atom is 0.326 e. The molecule has 114 valence electrons. The Hall–Kier alpha value is -2.04. The number of amides is 1. The van der Waals surface area contributed by atoms with Gasteiger partial charge in [-0.25, -0.2) is 4.79 Å². The van der Waals surface area contributed by atoms with Crippen molar-refractivity contribution in [2.75, 3.05) is 6.61 Å². The fraction of sp³-hybridized carbons (Fsp3) is 0.500. The Morgan fingerprint density at radius 2 is 2.00 bits per heavy atom. The number of ether oxygens (including phenoxy) is 1. The minimum absolute atomic E-state index is 0.171. The molecule has 0 spiro atoms. The summed E-state index contributed by atoms with van der Waals surface area (Å²) in [6, 6.07) is 4.96. The summed E-state index contributed by atoms with van der Waals surface area (Å²) in [5, 5.41) is 11.5. The minimum Gasteiger partial charge on any atom is -0.484 e. The van der Waals surface area contributed by atoms with E-state index < -0.39 is 17.9 Å². The monoisotopic (exact) mass is 291 g/mol. The topological polar surface area (TPSA) is 75.6 Å². The summed E-state index contributed by atoms with van der Waals surface area (Å²) in [7, 11) is 0. The van der Waals surface area contributed by atoms with Gasteiger partial charge in [-0.05, 0) is 48.4 Å². The first kappa shape index (κ1) is 15.4. The van der Waals surface area contributed by atoms with Crippen LogP contribution in [0.2, 0.25) is 0 Å². The van der Waals surface area contributed by atoms with Crippen molar-refractivity contribution < 1.29 is 19.4 Å². The van der Waals surface area contributed by atoms with E-state index in [0.717, 1.165) is 19.3 Å². The van der Waals surface area contributed by atoms with Crippen LogP contribution in [0, 0.1) is 5.92 Å². The zero-order valence-corrected chi connectivity index (χ0v) is 12.4. The fourth-order valence-corrected chi connectivity index (χ4v) is 2.52.